The first-order valence-electron chi connectivity index (χ1n) is 9.38. The molecule has 150 valence electrons. The highest BCUT2D eigenvalue weighted by Crippen LogP contribution is 2.25. The van der Waals surface area contributed by atoms with E-state index in [2.05, 4.69) is 4.98 Å². The van der Waals surface area contributed by atoms with Gasteiger partial charge in [0.15, 0.2) is 0 Å². The summed E-state index contributed by atoms with van der Waals surface area (Å²) in [4.78, 5) is 19.0. The summed E-state index contributed by atoms with van der Waals surface area (Å²) in [6.45, 7) is 1.59. The Morgan fingerprint density at radius 1 is 1.14 bits per heavy atom. The lowest BCUT2D eigenvalue weighted by molar-refractivity contribution is 0.0680. The highest BCUT2D eigenvalue weighted by atomic mass is 19.1. The predicted molar refractivity (Wildman–Crippen MR) is 111 cm³/mol. The molecule has 0 spiro atoms. The van der Waals surface area contributed by atoms with Crippen LogP contribution in [0.5, 0.6) is 0 Å². The van der Waals surface area contributed by atoms with E-state index in [1.807, 2.05) is 12.1 Å². The fourth-order valence-corrected chi connectivity index (χ4v) is 3.09. The van der Waals surface area contributed by atoms with Gasteiger partial charge in [-0.15, -0.1) is 0 Å². The monoisotopic (exact) mass is 393 g/mol. The molecule has 1 amide bonds. The molecule has 29 heavy (non-hydrogen) atoms. The van der Waals surface area contributed by atoms with Crippen molar-refractivity contribution in [1.29, 1.82) is 0 Å². The highest BCUT2D eigenvalue weighted by molar-refractivity contribution is 5.95. The molecule has 0 saturated carbocycles. The second kappa shape index (κ2) is 9.91. The normalized spacial score (nSPS) is 10.7. The first kappa shape index (κ1) is 20.6. The molecule has 1 aromatic heterocycles. The number of carbonyl (C=O) groups is 1. The average molecular weight is 393 g/mol. The molecule has 0 saturated heterocycles. The molecule has 0 aliphatic carbocycles. The van der Waals surface area contributed by atoms with Gasteiger partial charge in [0.2, 0.25) is 0 Å². The van der Waals surface area contributed by atoms with Gasteiger partial charge in [0.05, 0.1) is 6.61 Å². The van der Waals surface area contributed by atoms with Gasteiger partial charge in [0, 0.05) is 50.3 Å². The Hall–Kier alpha value is -3.09. The summed E-state index contributed by atoms with van der Waals surface area (Å²) in [5.41, 5.74) is 8.99. The number of aromatic nitrogens is 1. The van der Waals surface area contributed by atoms with E-state index < -0.39 is 0 Å². The molecule has 0 aliphatic heterocycles. The number of hydrogen-bond acceptors (Lipinski definition) is 4. The van der Waals surface area contributed by atoms with Crippen LogP contribution in [0, 0.1) is 5.82 Å². The number of ether oxygens (including phenoxy) is 1. The molecular weight excluding hydrogens is 369 g/mol. The van der Waals surface area contributed by atoms with E-state index in [4.69, 9.17) is 10.5 Å². The fraction of sp³-hybridized carbons (Fsp3) is 0.217. The Balaban J connectivity index is 1.90. The van der Waals surface area contributed by atoms with Crippen LogP contribution in [0.1, 0.15) is 21.5 Å². The van der Waals surface area contributed by atoms with Crippen LogP contribution in [0.2, 0.25) is 0 Å². The van der Waals surface area contributed by atoms with Crippen molar-refractivity contribution < 1.29 is 13.9 Å². The minimum atomic E-state index is -0.349. The van der Waals surface area contributed by atoms with Gasteiger partial charge in [-0.3, -0.25) is 9.78 Å². The molecular formula is C23H24FN3O2. The van der Waals surface area contributed by atoms with Gasteiger partial charge in [0.1, 0.15) is 5.82 Å². The van der Waals surface area contributed by atoms with Crippen molar-refractivity contribution in [2.24, 2.45) is 5.73 Å². The molecule has 0 fully saturated rings. The van der Waals surface area contributed by atoms with Crippen LogP contribution in [0.25, 0.3) is 11.1 Å². The predicted octanol–water partition coefficient (Wildman–Crippen LogP) is 3.64. The number of halogens is 1. The largest absolute Gasteiger partial charge is 0.383 e. The second-order valence-electron chi connectivity index (χ2n) is 6.68. The third-order valence-corrected chi connectivity index (χ3v) is 4.64. The van der Waals surface area contributed by atoms with Crippen molar-refractivity contribution in [1.82, 2.24) is 9.88 Å². The van der Waals surface area contributed by atoms with E-state index in [1.165, 1.54) is 6.07 Å². The van der Waals surface area contributed by atoms with Gasteiger partial charge in [-0.05, 0) is 47.0 Å². The van der Waals surface area contributed by atoms with Crippen molar-refractivity contribution in [3.8, 4) is 11.1 Å². The van der Waals surface area contributed by atoms with Crippen molar-refractivity contribution in [2.45, 2.75) is 13.1 Å². The first-order valence-corrected chi connectivity index (χ1v) is 9.38. The summed E-state index contributed by atoms with van der Waals surface area (Å²) >= 11 is 0. The number of nitrogens with zero attached hydrogens (tertiary/aromatic N) is 2. The van der Waals surface area contributed by atoms with Crippen LogP contribution in [0.15, 0.2) is 67.0 Å². The summed E-state index contributed by atoms with van der Waals surface area (Å²) in [5.74, 6) is -0.499. The maximum atomic E-state index is 14.4. The van der Waals surface area contributed by atoms with Gasteiger partial charge in [-0.25, -0.2) is 4.39 Å². The lowest BCUT2D eigenvalue weighted by atomic mass is 10.00. The van der Waals surface area contributed by atoms with Crippen LogP contribution >= 0.6 is 0 Å². The Kier molecular flexibility index (Phi) is 7.05. The highest BCUT2D eigenvalue weighted by Gasteiger charge is 2.17. The maximum absolute atomic E-state index is 14.4. The zero-order valence-electron chi connectivity index (χ0n) is 16.3. The second-order valence-corrected chi connectivity index (χ2v) is 6.68. The molecule has 2 N–H and O–H groups in total. The molecule has 5 nitrogen and oxygen atoms in total. The number of pyridine rings is 1. The summed E-state index contributed by atoms with van der Waals surface area (Å²) in [6, 6.07) is 15.5. The van der Waals surface area contributed by atoms with Gasteiger partial charge < -0.3 is 15.4 Å². The lowest BCUT2D eigenvalue weighted by Crippen LogP contribution is -2.33. The number of benzene rings is 2. The van der Waals surface area contributed by atoms with E-state index in [9.17, 15) is 9.18 Å². The van der Waals surface area contributed by atoms with Crippen molar-refractivity contribution in [2.75, 3.05) is 20.3 Å². The zero-order chi connectivity index (χ0) is 20.6. The number of nitrogens with two attached hydrogens (primary N) is 1. The van der Waals surface area contributed by atoms with Gasteiger partial charge in [0.25, 0.3) is 5.91 Å². The molecule has 3 aromatic rings. The van der Waals surface area contributed by atoms with Gasteiger partial charge in [-0.1, -0.05) is 24.3 Å². The molecule has 0 unspecified atom stereocenters. The molecule has 0 radical (unpaired) electrons. The Morgan fingerprint density at radius 2 is 2.00 bits per heavy atom. The molecule has 3 rings (SSSR count). The molecule has 0 atom stereocenters. The first-order chi connectivity index (χ1) is 14.1. The fourth-order valence-electron chi connectivity index (χ4n) is 3.09. The van der Waals surface area contributed by atoms with Crippen LogP contribution < -0.4 is 5.73 Å². The number of methoxy groups -OCH3 is 1. The van der Waals surface area contributed by atoms with Crippen molar-refractivity contribution in [3.63, 3.8) is 0 Å². The SMILES string of the molecule is COCCN(Cc1cccnc1)C(=O)c1cccc(-c2cc(CN)ccc2F)c1. The van der Waals surface area contributed by atoms with E-state index in [0.29, 0.717) is 42.9 Å². The van der Waals surface area contributed by atoms with E-state index in [0.717, 1.165) is 11.1 Å². The number of carbonyl (C=O) groups excluding carboxylic acids is 1. The molecule has 1 heterocycles. The molecule has 0 aliphatic rings. The average Bonchev–Trinajstić information content (AvgIpc) is 2.77. The van der Waals surface area contributed by atoms with Crippen molar-refractivity contribution in [3.05, 3.63) is 89.5 Å². The third-order valence-electron chi connectivity index (χ3n) is 4.64. The standard InChI is InChI=1S/C23H24FN3O2/c1-29-11-10-27(16-18-4-3-9-26-15-18)23(28)20-6-2-5-19(13-20)21-12-17(14-25)7-8-22(21)24/h2-9,12-13,15H,10-11,14,16,25H2,1H3. The lowest BCUT2D eigenvalue weighted by Gasteiger charge is -2.23. The van der Waals surface area contributed by atoms with E-state index >= 15 is 0 Å². The topological polar surface area (TPSA) is 68.5 Å². The summed E-state index contributed by atoms with van der Waals surface area (Å²) in [6.07, 6.45) is 3.43. The Bertz CT molecular complexity index is 963. The van der Waals surface area contributed by atoms with Crippen LogP contribution in [-0.2, 0) is 17.8 Å². The van der Waals surface area contributed by atoms with Gasteiger partial charge in [-0.2, -0.15) is 0 Å². The minimum Gasteiger partial charge on any atom is -0.383 e. The maximum Gasteiger partial charge on any atom is 0.254 e. The van der Waals surface area contributed by atoms with Crippen LogP contribution in [-0.4, -0.2) is 36.1 Å². The molecule has 2 aromatic carbocycles. The number of amides is 1. The minimum absolute atomic E-state index is 0.150. The van der Waals surface area contributed by atoms with Crippen molar-refractivity contribution >= 4 is 5.91 Å². The summed E-state index contributed by atoms with van der Waals surface area (Å²) in [7, 11) is 1.60. The Labute approximate surface area is 169 Å². The van der Waals surface area contributed by atoms with E-state index in [-0.39, 0.29) is 11.7 Å². The smallest absolute Gasteiger partial charge is 0.254 e. The zero-order valence-corrected chi connectivity index (χ0v) is 16.3. The number of rotatable bonds is 8. The molecule has 6 heteroatoms. The van der Waals surface area contributed by atoms with Crippen LogP contribution in [0.4, 0.5) is 4.39 Å². The third kappa shape index (κ3) is 5.25. The van der Waals surface area contributed by atoms with E-state index in [1.54, 1.807) is 60.8 Å². The summed E-state index contributed by atoms with van der Waals surface area (Å²) < 4.78 is 19.5. The summed E-state index contributed by atoms with van der Waals surface area (Å²) in [5, 5.41) is 0. The molecule has 0 bridgehead atoms. The van der Waals surface area contributed by atoms with Gasteiger partial charge >= 0.3 is 0 Å². The quantitative estimate of drug-likeness (QED) is 0.635. The Morgan fingerprint density at radius 3 is 2.72 bits per heavy atom. The number of hydrogen-bond donors (Lipinski definition) is 1. The van der Waals surface area contributed by atoms with Crippen LogP contribution in [0.3, 0.4) is 0 Å².